The first-order valence-electron chi connectivity index (χ1n) is 45.4. The fourth-order valence-electron chi connectivity index (χ4n) is 17.0. The number of benzene rings is 3. The van der Waals surface area contributed by atoms with Gasteiger partial charge in [0, 0.05) is 90.5 Å². The number of alkyl halides is 1. The number of nitrogens with one attached hydrogen (secondary N) is 4. The van der Waals surface area contributed by atoms with E-state index in [0.29, 0.717) is 103 Å². The smallest absolute Gasteiger partial charge is 0.333 e. The number of hydrogen-bond acceptors (Lipinski definition) is 38. The topological polar surface area (TPSA) is 699 Å². The molecular weight excluding hydrogens is 2050 g/mol. The quantitative estimate of drug-likeness (QED) is 0.0141. The van der Waals surface area contributed by atoms with E-state index in [-0.39, 0.29) is 130 Å². The lowest BCUT2D eigenvalue weighted by atomic mass is 9.86. The van der Waals surface area contributed by atoms with Crippen molar-refractivity contribution in [3.63, 3.8) is 0 Å². The van der Waals surface area contributed by atoms with E-state index >= 15 is 0 Å². The molecule has 145 heavy (non-hydrogen) atoms. The highest BCUT2D eigenvalue weighted by Crippen LogP contribution is 2.38. The van der Waals surface area contributed by atoms with Crippen molar-refractivity contribution < 1.29 is 99.9 Å². The number of anilines is 4. The van der Waals surface area contributed by atoms with Crippen LogP contribution in [0.2, 0.25) is 0 Å². The largest absolute Gasteiger partial charge is 0.393 e. The number of aliphatic hydroxyl groups excluding tert-OH is 5. The van der Waals surface area contributed by atoms with Crippen LogP contribution in [0.3, 0.4) is 0 Å². The molecule has 0 saturated heterocycles. The van der Waals surface area contributed by atoms with Crippen LogP contribution >= 0.6 is 27.5 Å². The van der Waals surface area contributed by atoms with Crippen molar-refractivity contribution in [3.8, 4) is 0 Å². The zero-order valence-corrected chi connectivity index (χ0v) is 84.4. The van der Waals surface area contributed by atoms with Gasteiger partial charge in [0.15, 0.2) is 0 Å². The van der Waals surface area contributed by atoms with Crippen molar-refractivity contribution in [3.05, 3.63) is 279 Å². The Kier molecular flexibility index (Phi) is 36.9. The molecule has 3 aromatic carbocycles. The number of carbonyl (C=O) groups is 5. The summed E-state index contributed by atoms with van der Waals surface area (Å²) < 4.78 is 114. The molecule has 47 nitrogen and oxygen atoms in total. The van der Waals surface area contributed by atoms with Crippen molar-refractivity contribution >= 4 is 121 Å². The van der Waals surface area contributed by atoms with E-state index in [2.05, 4.69) is 152 Å². The van der Waals surface area contributed by atoms with E-state index < -0.39 is 108 Å². The van der Waals surface area contributed by atoms with Gasteiger partial charge in [0.2, 0.25) is 29.0 Å². The summed E-state index contributed by atoms with van der Waals surface area (Å²) >= 11 is 8.90. The summed E-state index contributed by atoms with van der Waals surface area (Å²) in [5.41, 5.74) is 8.87. The second-order valence-electron chi connectivity index (χ2n) is 36.2. The Labute approximate surface area is 847 Å². The zero-order chi connectivity index (χ0) is 104. The Balaban J connectivity index is 0.000000162. The Bertz CT molecular complexity index is 7050. The molecule has 0 aliphatic heterocycles. The molecule has 0 spiro atoms. The lowest BCUT2D eigenvalue weighted by Crippen LogP contribution is -2.36. The molecule has 0 bridgehead atoms. The maximum atomic E-state index is 13.3. The van der Waals surface area contributed by atoms with Crippen LogP contribution in [0.1, 0.15) is 182 Å². The van der Waals surface area contributed by atoms with Gasteiger partial charge in [-0.2, -0.15) is 54.1 Å². The molecule has 17 N–H and O–H groups in total. The molecular formula is C92H109BrClN25O22S4. The summed E-state index contributed by atoms with van der Waals surface area (Å²) in [5.74, 6) is -3.17. The maximum absolute atomic E-state index is 13.3. The summed E-state index contributed by atoms with van der Waals surface area (Å²) in [4.78, 5) is 102. The molecule has 16 rings (SSSR count). The SMILES string of the molecule is CC(C)(C)c1cccc(Cn2ccc(C(=O)c3cncnc3C[C@@H]3C[C@H](COS(N)(=O)=O)[C@@H](O)C3)n2)c1.CC(c1cccc(Br)n1)n1ccc(C(=O)c2cncnc2N[C@@H]2C[C@H](COS(N)(=O)=O)[C@@H](O)C2)n1.Cc1cc(C(=O)c2cncnc2N[C@@H]2C[C@H](COS(N)(=O)=O)[C@@H](O)C2)nn1Cc1ccccc1.NS(=O)(=O)OC[C@H]1C[C@@H](Nc2ncncc2C(=O)c2ccn(Cc3cccc(NC(=O)CCl)c3)n2)[C@H](O)[C@@H]1O. The molecule has 4 fully saturated rings. The average Bonchev–Trinajstić information content (AvgIpc) is 1.70. The number of aromatic nitrogens is 17. The van der Waals surface area contributed by atoms with E-state index in [1.807, 2.05) is 80.6 Å². The first-order chi connectivity index (χ1) is 68.7. The van der Waals surface area contributed by atoms with Crippen LogP contribution in [0.5, 0.6) is 0 Å². The van der Waals surface area contributed by atoms with Gasteiger partial charge < -0.3 is 46.8 Å². The fraction of sp³-hybridized carbons (Fsp3) is 0.391. The summed E-state index contributed by atoms with van der Waals surface area (Å²) in [6, 6.07) is 36.0. The zero-order valence-electron chi connectivity index (χ0n) is 78.8. The van der Waals surface area contributed by atoms with Crippen molar-refractivity contribution in [1.29, 1.82) is 0 Å². The van der Waals surface area contributed by atoms with Gasteiger partial charge in [-0.25, -0.2) is 65.4 Å². The lowest BCUT2D eigenvalue weighted by molar-refractivity contribution is -0.114. The molecule has 4 saturated carbocycles. The Morgan fingerprint density at radius 3 is 1.46 bits per heavy atom. The number of amides is 1. The van der Waals surface area contributed by atoms with E-state index in [4.69, 9.17) is 32.2 Å². The maximum Gasteiger partial charge on any atom is 0.333 e. The second-order valence-corrected chi connectivity index (χ2v) is 42.2. The predicted molar refractivity (Wildman–Crippen MR) is 528 cm³/mol. The summed E-state index contributed by atoms with van der Waals surface area (Å²) in [7, 11) is -16.5. The van der Waals surface area contributed by atoms with Gasteiger partial charge in [-0.15, -0.1) is 11.6 Å². The van der Waals surface area contributed by atoms with Gasteiger partial charge in [0.1, 0.15) is 82.1 Å². The van der Waals surface area contributed by atoms with Crippen LogP contribution in [0.4, 0.5) is 23.1 Å². The third-order valence-corrected chi connectivity index (χ3v) is 26.9. The molecule has 4 aliphatic rings. The first kappa shape index (κ1) is 110. The number of aryl methyl sites for hydroxylation is 1. The minimum absolute atomic E-state index is 0.00169. The van der Waals surface area contributed by atoms with E-state index in [9.17, 15) is 83.2 Å². The molecule has 14 atom stereocenters. The Morgan fingerprint density at radius 1 is 0.483 bits per heavy atom. The molecule has 1 amide bonds. The van der Waals surface area contributed by atoms with E-state index in [1.165, 1.54) is 61.7 Å². The number of rotatable bonds is 38. The van der Waals surface area contributed by atoms with Gasteiger partial charge in [0.25, 0.3) is 0 Å². The highest BCUT2D eigenvalue weighted by molar-refractivity contribution is 9.10. The van der Waals surface area contributed by atoms with Crippen molar-refractivity contribution in [2.75, 3.05) is 53.6 Å². The normalized spacial score (nSPS) is 20.7. The monoisotopic (exact) mass is 2160 g/mol. The summed E-state index contributed by atoms with van der Waals surface area (Å²) in [6.07, 6.45) is 14.1. The van der Waals surface area contributed by atoms with Crippen LogP contribution < -0.4 is 41.8 Å². The van der Waals surface area contributed by atoms with E-state index in [0.717, 1.165) is 28.1 Å². The molecule has 772 valence electrons. The number of aliphatic hydroxyl groups is 5. The van der Waals surface area contributed by atoms with Crippen LogP contribution in [0, 0.1) is 36.5 Å². The van der Waals surface area contributed by atoms with E-state index in [1.54, 1.807) is 73.7 Å². The molecule has 53 heteroatoms. The lowest BCUT2D eigenvalue weighted by Gasteiger charge is -2.19. The van der Waals surface area contributed by atoms with Gasteiger partial charge >= 0.3 is 41.2 Å². The summed E-state index contributed by atoms with van der Waals surface area (Å²) in [5, 5.41) is 101. The number of halogens is 2. The average molecular weight is 2160 g/mol. The molecule has 9 heterocycles. The number of carbonyl (C=O) groups excluding carboxylic acids is 5. The number of hydrogen-bond donors (Lipinski definition) is 13. The molecule has 12 aromatic rings. The Morgan fingerprint density at radius 2 is 0.938 bits per heavy atom. The predicted octanol–water partition coefficient (Wildman–Crippen LogP) is 4.75. The molecule has 1 unspecified atom stereocenters. The van der Waals surface area contributed by atoms with Crippen molar-refractivity contribution in [2.45, 2.75) is 166 Å². The minimum Gasteiger partial charge on any atom is -0.393 e. The van der Waals surface area contributed by atoms with Gasteiger partial charge in [-0.05, 0) is 163 Å². The van der Waals surface area contributed by atoms with Crippen LogP contribution in [-0.4, -0.2) is 253 Å². The first-order valence-corrected chi connectivity index (χ1v) is 52.6. The van der Waals surface area contributed by atoms with Crippen molar-refractivity contribution in [1.82, 2.24) is 84.0 Å². The molecule has 9 aromatic heterocycles. The number of ketones is 4. The molecule has 0 radical (unpaired) electrons. The summed E-state index contributed by atoms with van der Waals surface area (Å²) in [6.45, 7) is 10.7. The Hall–Kier alpha value is -12.4. The number of nitrogens with two attached hydrogens (primary N) is 4. The van der Waals surface area contributed by atoms with Gasteiger partial charge in [-0.1, -0.05) is 93.6 Å². The second kappa shape index (κ2) is 48.7. The third kappa shape index (κ3) is 31.6. The van der Waals surface area contributed by atoms with Crippen molar-refractivity contribution in [2.24, 2.45) is 50.1 Å². The fourth-order valence-corrected chi connectivity index (χ4v) is 18.9. The minimum atomic E-state index is -4.21. The van der Waals surface area contributed by atoms with Crippen LogP contribution in [-0.2, 0) is 94.2 Å². The van der Waals surface area contributed by atoms with Gasteiger partial charge in [0.05, 0.1) is 116 Å². The third-order valence-electron chi connectivity index (χ3n) is 24.4. The van der Waals surface area contributed by atoms with Crippen LogP contribution in [0.15, 0.2) is 195 Å². The molecule has 4 aliphatic carbocycles. The highest BCUT2D eigenvalue weighted by Gasteiger charge is 2.44. The standard InChI is InChI=1S/C26H33N5O5S.C23H26ClN7O7S.C22H26N6O5S.C21H24BrN7O5S/c1-26(2,3)20-6-4-5-17(10-20)14-31-8-7-22(30-31)25(33)21-13-28-16-29-23(21)11-18-9-19(24(32)12-18)15-36-37(27,34)35;24-8-19(32)28-15-3-1-2-13(6-15)10-31-5-4-17(30-31)21(34)16-9-26-12-27-23(16)29-18-7-14(20(33)22(18)35)11-38-39(25,36)37;1-14-7-19(27-28(14)11-15-5-3-2-4-6-15)21(30)18-10-24-13-25-22(18)26-17-8-16(20(29)9-17)12-33-34(23,31)32;1-12(16-3-2-4-19(22)27-16)29-6-5-17(28-29)20(31)15-9-24-11-25-21(15)26-14-7-13(18(30)8-14)10-34-35(23,32)33/h4-8,10,13,16,18-19,24,32H,9,11-12,14-15H2,1-3H3,(H2,27,34,35);1-6,9,12,14,18,20,22,33,35H,7-8,10-11H2,(H,28,32)(H2,25,36,37)(H,26,27,29);2-7,10,13,16-17,20,29H,8-9,11-12H2,1H3,(H2,23,31,32)(H,24,25,26);2-6,9,11-14,18,30H,7-8,10H2,1H3,(H2,23,32,33)(H,24,25,26)/t18-,19+,24-;14-,18-,20-,22+;16-,17-,20+;12?,13-,14-,18+/m0111/s1. The van der Waals surface area contributed by atoms with Gasteiger partial charge in [-0.3, -0.25) is 59.4 Å². The highest BCUT2D eigenvalue weighted by atomic mass is 79.9. The van der Waals surface area contributed by atoms with Crippen LogP contribution in [0.25, 0.3) is 0 Å². The number of nitrogens with zero attached hydrogens (tertiary/aromatic N) is 17. The number of pyridine rings is 1.